The van der Waals surface area contributed by atoms with Crippen LogP contribution in [0.15, 0.2) is 194 Å². The quantitative estimate of drug-likeness (QED) is 0.177. The fourth-order valence-electron chi connectivity index (χ4n) is 11.0. The lowest BCUT2D eigenvalue weighted by molar-refractivity contribution is 0.661. The lowest BCUT2D eigenvalue weighted by Crippen LogP contribution is -2.17. The third kappa shape index (κ3) is 5.27. The van der Waals surface area contributed by atoms with Crippen LogP contribution in [0.2, 0.25) is 0 Å². The fourth-order valence-corrected chi connectivity index (χ4v) is 12.2. The van der Waals surface area contributed by atoms with Crippen LogP contribution in [0.4, 0.5) is 0 Å². The maximum atomic E-state index is 5.47. The molecule has 0 N–H and O–H groups in total. The molecule has 1 aliphatic carbocycles. The van der Waals surface area contributed by atoms with Crippen LogP contribution in [0.1, 0.15) is 25.0 Å². The highest BCUT2D eigenvalue weighted by atomic mass is 32.1. The van der Waals surface area contributed by atoms with Crippen LogP contribution in [0, 0.1) is 0 Å². The summed E-state index contributed by atoms with van der Waals surface area (Å²) in [6, 6.07) is 70.6. The van der Waals surface area contributed by atoms with Crippen molar-refractivity contribution >= 4 is 85.6 Å². The van der Waals surface area contributed by atoms with Crippen LogP contribution < -0.4 is 0 Å². The SMILES string of the molecule is CC1(C)c2ccccc2-c2cccc(-c3nc(-c4ccc5ccccc5c4)nc(-c4cccc5sc6cc(-n7c8c9ccccc9ccc8c8ccc9ccccc9c87)ccc6c45)n3)c21. The van der Waals surface area contributed by atoms with E-state index in [1.54, 1.807) is 0 Å². The molecule has 10 aromatic carbocycles. The van der Waals surface area contributed by atoms with Gasteiger partial charge in [0.15, 0.2) is 17.5 Å². The average Bonchev–Trinajstić information content (AvgIpc) is 3.99. The second-order valence-electron chi connectivity index (χ2n) is 17.9. The van der Waals surface area contributed by atoms with Gasteiger partial charge in [-0.05, 0) is 68.1 Å². The highest BCUT2D eigenvalue weighted by molar-refractivity contribution is 7.26. The standard InChI is InChI=1S/C60H38N4S/c1-60(2)50-23-10-9-19-43(50)44-20-11-22-49(54(44)60)59-62-57(39-26-25-35-13-3-4-16-38(35)33-39)61-58(63-59)48-21-12-24-51-53(48)47-32-29-40(34-52(47)65-51)64-55-41-17-7-5-14-36(41)27-30-45(55)46-31-28-37-15-6-8-18-42(37)56(46)64/h3-34H,1-2H3. The number of rotatable bonds is 4. The largest absolute Gasteiger partial charge is 0.308 e. The number of benzene rings is 10. The Balaban J connectivity index is 1.01. The van der Waals surface area contributed by atoms with Crippen LogP contribution in [-0.4, -0.2) is 19.5 Å². The molecule has 0 aliphatic heterocycles. The van der Waals surface area contributed by atoms with Crippen molar-refractivity contribution in [2.45, 2.75) is 19.3 Å². The van der Waals surface area contributed by atoms with E-state index in [1.807, 2.05) is 11.3 Å². The Labute approximate surface area is 378 Å². The monoisotopic (exact) mass is 846 g/mol. The van der Waals surface area contributed by atoms with Gasteiger partial charge in [-0.1, -0.05) is 184 Å². The normalized spacial score (nSPS) is 13.2. The maximum absolute atomic E-state index is 5.47. The molecule has 0 radical (unpaired) electrons. The van der Waals surface area contributed by atoms with Crippen LogP contribution in [0.25, 0.3) is 125 Å². The van der Waals surface area contributed by atoms with E-state index in [9.17, 15) is 0 Å². The predicted octanol–water partition coefficient (Wildman–Crippen LogP) is 16.1. The van der Waals surface area contributed by atoms with Gasteiger partial charge >= 0.3 is 0 Å². The van der Waals surface area contributed by atoms with Crippen molar-refractivity contribution < 1.29 is 0 Å². The molecular formula is C60H38N4S. The molecule has 13 aromatic rings. The maximum Gasteiger partial charge on any atom is 0.164 e. The van der Waals surface area contributed by atoms with Crippen molar-refractivity contribution in [3.63, 3.8) is 0 Å². The summed E-state index contributed by atoms with van der Waals surface area (Å²) < 4.78 is 4.91. The Hall–Kier alpha value is -7.99. The summed E-state index contributed by atoms with van der Waals surface area (Å²) in [5, 5.41) is 12.1. The smallest absolute Gasteiger partial charge is 0.164 e. The number of fused-ring (bicyclic) bond motifs is 14. The van der Waals surface area contributed by atoms with Gasteiger partial charge in [-0.25, -0.2) is 15.0 Å². The second-order valence-corrected chi connectivity index (χ2v) is 19.0. The van der Waals surface area contributed by atoms with Gasteiger partial charge in [0, 0.05) is 69.5 Å². The molecule has 5 heteroatoms. The highest BCUT2D eigenvalue weighted by Crippen LogP contribution is 2.52. The summed E-state index contributed by atoms with van der Waals surface area (Å²) in [6.07, 6.45) is 0. The molecule has 3 aromatic heterocycles. The van der Waals surface area contributed by atoms with Crippen LogP contribution in [0.3, 0.4) is 0 Å². The lowest BCUT2D eigenvalue weighted by atomic mass is 9.80. The molecule has 0 spiro atoms. The van der Waals surface area contributed by atoms with E-state index in [2.05, 4.69) is 213 Å². The van der Waals surface area contributed by atoms with Gasteiger partial charge in [0.2, 0.25) is 0 Å². The zero-order valence-corrected chi connectivity index (χ0v) is 36.5. The molecular weight excluding hydrogens is 809 g/mol. The summed E-state index contributed by atoms with van der Waals surface area (Å²) in [6.45, 7) is 4.65. The van der Waals surface area contributed by atoms with Crippen molar-refractivity contribution in [2.75, 3.05) is 0 Å². The predicted molar refractivity (Wildman–Crippen MR) is 273 cm³/mol. The van der Waals surface area contributed by atoms with E-state index in [0.717, 1.165) is 33.2 Å². The van der Waals surface area contributed by atoms with Gasteiger partial charge in [0.1, 0.15) is 0 Å². The minimum absolute atomic E-state index is 0.241. The van der Waals surface area contributed by atoms with E-state index >= 15 is 0 Å². The van der Waals surface area contributed by atoms with Crippen molar-refractivity contribution in [1.82, 2.24) is 19.5 Å². The molecule has 0 fully saturated rings. The van der Waals surface area contributed by atoms with Crippen LogP contribution in [0.5, 0.6) is 0 Å². The highest BCUT2D eigenvalue weighted by Gasteiger charge is 2.38. The lowest BCUT2D eigenvalue weighted by Gasteiger charge is -2.24. The summed E-state index contributed by atoms with van der Waals surface area (Å²) in [5.41, 5.74) is 11.4. The van der Waals surface area contributed by atoms with Gasteiger partial charge in [-0.3, -0.25) is 0 Å². The fraction of sp³-hybridized carbons (Fsp3) is 0.0500. The Morgan fingerprint density at radius 2 is 0.969 bits per heavy atom. The zero-order valence-electron chi connectivity index (χ0n) is 35.7. The van der Waals surface area contributed by atoms with Gasteiger partial charge in [0.25, 0.3) is 0 Å². The van der Waals surface area contributed by atoms with Gasteiger partial charge < -0.3 is 4.57 Å². The molecule has 1 aliphatic rings. The first-order valence-corrected chi connectivity index (χ1v) is 23.1. The van der Waals surface area contributed by atoms with E-state index < -0.39 is 0 Å². The molecule has 304 valence electrons. The van der Waals surface area contributed by atoms with E-state index in [-0.39, 0.29) is 5.41 Å². The first-order chi connectivity index (χ1) is 32.0. The third-order valence-corrected chi connectivity index (χ3v) is 15.1. The second kappa shape index (κ2) is 13.5. The molecule has 65 heavy (non-hydrogen) atoms. The number of hydrogen-bond acceptors (Lipinski definition) is 4. The molecule has 3 heterocycles. The number of aromatic nitrogens is 4. The van der Waals surface area contributed by atoms with E-state index in [1.165, 1.54) is 85.8 Å². The minimum Gasteiger partial charge on any atom is -0.308 e. The zero-order chi connectivity index (χ0) is 43.0. The van der Waals surface area contributed by atoms with Crippen LogP contribution in [-0.2, 0) is 5.41 Å². The number of hydrogen-bond donors (Lipinski definition) is 0. The van der Waals surface area contributed by atoms with Crippen molar-refractivity contribution in [1.29, 1.82) is 0 Å². The van der Waals surface area contributed by atoms with Crippen molar-refractivity contribution in [3.05, 3.63) is 205 Å². The van der Waals surface area contributed by atoms with Gasteiger partial charge in [0.05, 0.1) is 11.0 Å². The molecule has 0 amide bonds. The molecule has 14 rings (SSSR count). The summed E-state index contributed by atoms with van der Waals surface area (Å²) in [7, 11) is 0. The Morgan fingerprint density at radius 1 is 0.400 bits per heavy atom. The van der Waals surface area contributed by atoms with E-state index in [4.69, 9.17) is 15.0 Å². The minimum atomic E-state index is -0.241. The molecule has 4 nitrogen and oxygen atoms in total. The van der Waals surface area contributed by atoms with Gasteiger partial charge in [-0.15, -0.1) is 11.3 Å². The summed E-state index contributed by atoms with van der Waals surface area (Å²) in [4.78, 5) is 16.2. The Kier molecular flexibility index (Phi) is 7.58. The van der Waals surface area contributed by atoms with Crippen molar-refractivity contribution in [3.8, 4) is 51.0 Å². The Morgan fingerprint density at radius 3 is 1.74 bits per heavy atom. The third-order valence-electron chi connectivity index (χ3n) is 14.0. The first kappa shape index (κ1) is 36.5. The topological polar surface area (TPSA) is 43.6 Å². The molecule has 0 unspecified atom stereocenters. The summed E-state index contributed by atoms with van der Waals surface area (Å²) >= 11 is 1.83. The first-order valence-electron chi connectivity index (χ1n) is 22.3. The van der Waals surface area contributed by atoms with Crippen LogP contribution >= 0.6 is 11.3 Å². The molecule has 0 saturated carbocycles. The summed E-state index contributed by atoms with van der Waals surface area (Å²) in [5.74, 6) is 2.01. The van der Waals surface area contributed by atoms with Crippen molar-refractivity contribution in [2.24, 2.45) is 0 Å². The number of nitrogens with zero attached hydrogens (tertiary/aromatic N) is 4. The van der Waals surface area contributed by atoms with Gasteiger partial charge in [-0.2, -0.15) is 0 Å². The molecule has 0 atom stereocenters. The van der Waals surface area contributed by atoms with E-state index in [0.29, 0.717) is 17.5 Å². The Bertz CT molecular complexity index is 4080. The number of thiophene rings is 1. The molecule has 0 bridgehead atoms. The average molecular weight is 847 g/mol. The molecule has 0 saturated heterocycles.